The van der Waals surface area contributed by atoms with E-state index in [1.165, 1.54) is 0 Å². The molecule has 7 nitrogen and oxygen atoms in total. The maximum Gasteiger partial charge on any atom is 0.203 e. The molecule has 0 fully saturated rings. The number of benzene rings is 2. The van der Waals surface area contributed by atoms with Crippen molar-refractivity contribution in [2.24, 2.45) is 0 Å². The summed E-state index contributed by atoms with van der Waals surface area (Å²) >= 11 is 0. The van der Waals surface area contributed by atoms with Crippen LogP contribution in [0.4, 0.5) is 5.82 Å². The summed E-state index contributed by atoms with van der Waals surface area (Å²) in [6, 6.07) is 11.6. The molecule has 0 unspecified atom stereocenters. The van der Waals surface area contributed by atoms with E-state index in [1.54, 1.807) is 28.4 Å². The second-order valence-electron chi connectivity index (χ2n) is 6.83. The van der Waals surface area contributed by atoms with Crippen LogP contribution in [0.3, 0.4) is 0 Å². The Hall–Kier alpha value is -3.35. The highest BCUT2D eigenvalue weighted by Gasteiger charge is 2.22. The summed E-state index contributed by atoms with van der Waals surface area (Å²) in [6.45, 7) is 2.89. The number of rotatable bonds is 9. The van der Waals surface area contributed by atoms with Crippen LogP contribution < -0.4 is 24.7 Å². The highest BCUT2D eigenvalue weighted by molar-refractivity contribution is 5.89. The fourth-order valence-corrected chi connectivity index (χ4v) is 3.42. The van der Waals surface area contributed by atoms with Crippen LogP contribution in [0.25, 0.3) is 22.4 Å². The van der Waals surface area contributed by atoms with Crippen LogP contribution in [0.2, 0.25) is 0 Å². The average molecular weight is 412 g/mol. The molecule has 0 atom stereocenters. The highest BCUT2D eigenvalue weighted by Crippen LogP contribution is 2.44. The number of hydrogen-bond donors (Lipinski definition) is 1. The number of ether oxygens (including phenoxy) is 4. The quantitative estimate of drug-likeness (QED) is 0.553. The lowest BCUT2D eigenvalue weighted by molar-refractivity contribution is 0.324. The van der Waals surface area contributed by atoms with Crippen LogP contribution in [-0.2, 0) is 6.54 Å². The molecule has 0 aliphatic rings. The fraction of sp³-hybridized carbons (Fsp3) is 0.348. The molecule has 30 heavy (non-hydrogen) atoms. The van der Waals surface area contributed by atoms with Crippen molar-refractivity contribution in [3.8, 4) is 45.4 Å². The summed E-state index contributed by atoms with van der Waals surface area (Å²) in [5.74, 6) is 3.07. The minimum atomic E-state index is 0.535. The zero-order valence-electron chi connectivity index (χ0n) is 18.2. The molecule has 0 saturated carbocycles. The van der Waals surface area contributed by atoms with Gasteiger partial charge in [-0.25, -0.2) is 4.68 Å². The summed E-state index contributed by atoms with van der Waals surface area (Å²) in [4.78, 5) is 0. The maximum absolute atomic E-state index is 6.56. The summed E-state index contributed by atoms with van der Waals surface area (Å²) in [7, 11) is 6.42. The van der Waals surface area contributed by atoms with E-state index in [0.29, 0.717) is 23.1 Å². The fourth-order valence-electron chi connectivity index (χ4n) is 3.42. The summed E-state index contributed by atoms with van der Waals surface area (Å²) in [5.41, 5.74) is 9.97. The molecule has 1 aromatic heterocycles. The number of methoxy groups -OCH3 is 4. The molecule has 7 heteroatoms. The van der Waals surface area contributed by atoms with Crippen LogP contribution >= 0.6 is 0 Å². The molecule has 3 rings (SSSR count). The van der Waals surface area contributed by atoms with Gasteiger partial charge in [-0.05, 0) is 36.2 Å². The van der Waals surface area contributed by atoms with Crippen LogP contribution in [0, 0.1) is 0 Å². The van der Waals surface area contributed by atoms with E-state index in [9.17, 15) is 0 Å². The Kier molecular flexibility index (Phi) is 6.72. The molecule has 3 aromatic rings. The van der Waals surface area contributed by atoms with Crippen LogP contribution in [-0.4, -0.2) is 38.2 Å². The number of nitrogens with zero attached hydrogens (tertiary/aromatic N) is 2. The Labute approximate surface area is 177 Å². The predicted molar refractivity (Wildman–Crippen MR) is 119 cm³/mol. The van der Waals surface area contributed by atoms with E-state index < -0.39 is 0 Å². The minimum Gasteiger partial charge on any atom is -0.497 e. The average Bonchev–Trinajstić information content (AvgIpc) is 3.12. The highest BCUT2D eigenvalue weighted by atomic mass is 16.5. The first-order valence-corrected chi connectivity index (χ1v) is 9.88. The van der Waals surface area contributed by atoms with Crippen molar-refractivity contribution in [3.05, 3.63) is 36.4 Å². The van der Waals surface area contributed by atoms with Gasteiger partial charge < -0.3 is 24.7 Å². The minimum absolute atomic E-state index is 0.535. The Morgan fingerprint density at radius 1 is 0.867 bits per heavy atom. The summed E-state index contributed by atoms with van der Waals surface area (Å²) < 4.78 is 23.7. The van der Waals surface area contributed by atoms with Gasteiger partial charge in [-0.1, -0.05) is 25.5 Å². The third-order valence-corrected chi connectivity index (χ3v) is 5.03. The molecule has 0 amide bonds. The lowest BCUT2D eigenvalue weighted by Gasteiger charge is -2.14. The molecular formula is C23H29N3O4. The van der Waals surface area contributed by atoms with E-state index in [2.05, 4.69) is 6.92 Å². The van der Waals surface area contributed by atoms with Gasteiger partial charge in [-0.3, -0.25) is 0 Å². The van der Waals surface area contributed by atoms with Crippen molar-refractivity contribution >= 4 is 5.82 Å². The van der Waals surface area contributed by atoms with E-state index >= 15 is 0 Å². The first-order chi connectivity index (χ1) is 14.6. The molecule has 0 radical (unpaired) electrons. The second kappa shape index (κ2) is 9.43. The molecule has 2 N–H and O–H groups in total. The second-order valence-corrected chi connectivity index (χ2v) is 6.83. The number of nitrogens with two attached hydrogens (primary N) is 1. The Bertz CT molecular complexity index is 971. The maximum atomic E-state index is 6.56. The van der Waals surface area contributed by atoms with Crippen molar-refractivity contribution in [3.63, 3.8) is 0 Å². The van der Waals surface area contributed by atoms with Gasteiger partial charge in [0.05, 0.1) is 34.0 Å². The van der Waals surface area contributed by atoms with Crippen molar-refractivity contribution in [2.75, 3.05) is 34.2 Å². The monoisotopic (exact) mass is 411 g/mol. The van der Waals surface area contributed by atoms with Crippen LogP contribution in [0.1, 0.15) is 19.8 Å². The molecule has 0 bridgehead atoms. The molecule has 0 aliphatic carbocycles. The normalized spacial score (nSPS) is 10.7. The number of aryl methyl sites for hydroxylation is 1. The number of aromatic nitrogens is 2. The summed E-state index contributed by atoms with van der Waals surface area (Å²) in [5, 5.41) is 4.85. The van der Waals surface area contributed by atoms with Crippen molar-refractivity contribution in [2.45, 2.75) is 26.3 Å². The molecule has 2 aromatic carbocycles. The molecular weight excluding hydrogens is 382 g/mol. The van der Waals surface area contributed by atoms with E-state index in [0.717, 1.165) is 47.5 Å². The first-order valence-electron chi connectivity index (χ1n) is 9.88. The molecule has 1 heterocycles. The third kappa shape index (κ3) is 4.01. The molecule has 0 spiro atoms. The molecule has 160 valence electrons. The van der Waals surface area contributed by atoms with Gasteiger partial charge in [0, 0.05) is 12.1 Å². The molecule has 0 saturated heterocycles. The third-order valence-electron chi connectivity index (χ3n) is 5.03. The van der Waals surface area contributed by atoms with Crippen molar-refractivity contribution < 1.29 is 18.9 Å². The zero-order valence-corrected chi connectivity index (χ0v) is 18.2. The molecule has 0 aliphatic heterocycles. The van der Waals surface area contributed by atoms with Gasteiger partial charge in [0.1, 0.15) is 17.3 Å². The lowest BCUT2D eigenvalue weighted by Crippen LogP contribution is -2.04. The van der Waals surface area contributed by atoms with E-state index in [1.807, 2.05) is 41.1 Å². The van der Waals surface area contributed by atoms with Crippen LogP contribution in [0.15, 0.2) is 36.4 Å². The van der Waals surface area contributed by atoms with Crippen molar-refractivity contribution in [1.82, 2.24) is 9.78 Å². The standard InChI is InChI=1S/C23H29N3O4/c1-6-7-12-26-23(24)20(15-8-10-17(27-2)11-9-15)21(25-26)16-13-18(28-3)22(30-5)19(14-16)29-4/h8-11,13-14H,6-7,12,24H2,1-5H3. The van der Waals surface area contributed by atoms with E-state index in [-0.39, 0.29) is 0 Å². The number of unbranched alkanes of at least 4 members (excludes halogenated alkanes) is 1. The number of anilines is 1. The Balaban J connectivity index is 2.22. The van der Waals surface area contributed by atoms with Gasteiger partial charge >= 0.3 is 0 Å². The van der Waals surface area contributed by atoms with Gasteiger partial charge in [0.25, 0.3) is 0 Å². The topological polar surface area (TPSA) is 80.8 Å². The lowest BCUT2D eigenvalue weighted by atomic mass is 10.00. The largest absolute Gasteiger partial charge is 0.497 e. The Morgan fingerprint density at radius 2 is 1.50 bits per heavy atom. The van der Waals surface area contributed by atoms with Gasteiger partial charge in [-0.15, -0.1) is 0 Å². The van der Waals surface area contributed by atoms with Gasteiger partial charge in [-0.2, -0.15) is 5.10 Å². The number of nitrogen functional groups attached to an aromatic ring is 1. The van der Waals surface area contributed by atoms with Gasteiger partial charge in [0.2, 0.25) is 5.75 Å². The summed E-state index contributed by atoms with van der Waals surface area (Å²) in [6.07, 6.45) is 2.04. The number of hydrogen-bond acceptors (Lipinski definition) is 6. The SMILES string of the molecule is CCCCn1nc(-c2cc(OC)c(OC)c(OC)c2)c(-c2ccc(OC)cc2)c1N. The van der Waals surface area contributed by atoms with E-state index in [4.69, 9.17) is 29.8 Å². The zero-order chi connectivity index (χ0) is 21.7. The smallest absolute Gasteiger partial charge is 0.203 e. The Morgan fingerprint density at radius 3 is 2.00 bits per heavy atom. The predicted octanol–water partition coefficient (Wildman–Crippen LogP) is 4.63. The first kappa shape index (κ1) is 21.4. The van der Waals surface area contributed by atoms with Crippen molar-refractivity contribution in [1.29, 1.82) is 0 Å². The van der Waals surface area contributed by atoms with Gasteiger partial charge in [0.15, 0.2) is 11.5 Å². The van der Waals surface area contributed by atoms with Crippen LogP contribution in [0.5, 0.6) is 23.0 Å².